The zero-order valence-corrected chi connectivity index (χ0v) is 16.0. The number of aromatic nitrogens is 1. The molecular formula is C19H26N4OS. The fourth-order valence-corrected chi connectivity index (χ4v) is 4.07. The van der Waals surface area contributed by atoms with Crippen LogP contribution in [0.2, 0.25) is 0 Å². The van der Waals surface area contributed by atoms with Gasteiger partial charge in [-0.05, 0) is 13.3 Å². The van der Waals surface area contributed by atoms with Crippen LogP contribution in [0.25, 0.3) is 11.3 Å². The maximum Gasteiger partial charge on any atom is 0.214 e. The standard InChI is InChI=1S/C19H26N4OS/c1-4-16-13-23(9-10-25-16)19(20-3)22-12-18-21-11-17(24-18)15-7-5-14(2)6-8-15/h5-8,11,16H,4,9-10,12-13H2,1-3H3,(H,20,22). The molecule has 2 heterocycles. The molecule has 2 aromatic rings. The van der Waals surface area contributed by atoms with Crippen molar-refractivity contribution >= 4 is 17.7 Å². The minimum Gasteiger partial charge on any atom is -0.439 e. The molecule has 0 saturated carbocycles. The quantitative estimate of drug-likeness (QED) is 0.669. The summed E-state index contributed by atoms with van der Waals surface area (Å²) in [5, 5.41) is 4.07. The number of hydrogen-bond donors (Lipinski definition) is 1. The molecule has 1 saturated heterocycles. The number of oxazole rings is 1. The lowest BCUT2D eigenvalue weighted by atomic mass is 10.1. The van der Waals surface area contributed by atoms with Gasteiger partial charge < -0.3 is 14.6 Å². The van der Waals surface area contributed by atoms with E-state index in [0.717, 1.165) is 36.1 Å². The number of rotatable bonds is 4. The van der Waals surface area contributed by atoms with E-state index in [0.29, 0.717) is 17.7 Å². The van der Waals surface area contributed by atoms with Gasteiger partial charge in [0.1, 0.15) is 0 Å². The molecule has 0 radical (unpaired) electrons. The van der Waals surface area contributed by atoms with E-state index in [4.69, 9.17) is 4.42 Å². The van der Waals surface area contributed by atoms with Crippen molar-refractivity contribution in [3.63, 3.8) is 0 Å². The molecule has 3 rings (SSSR count). The molecule has 0 aliphatic carbocycles. The van der Waals surface area contributed by atoms with E-state index in [-0.39, 0.29) is 0 Å². The van der Waals surface area contributed by atoms with Crippen molar-refractivity contribution in [2.45, 2.75) is 32.1 Å². The fraction of sp³-hybridized carbons (Fsp3) is 0.474. The summed E-state index contributed by atoms with van der Waals surface area (Å²) < 4.78 is 5.88. The molecule has 6 heteroatoms. The molecule has 0 amide bonds. The lowest BCUT2D eigenvalue weighted by molar-refractivity contribution is 0.402. The number of benzene rings is 1. The molecule has 1 fully saturated rings. The van der Waals surface area contributed by atoms with Gasteiger partial charge in [-0.3, -0.25) is 4.99 Å². The third-order valence-corrected chi connectivity index (χ3v) is 5.76. The van der Waals surface area contributed by atoms with Crippen molar-refractivity contribution < 1.29 is 4.42 Å². The van der Waals surface area contributed by atoms with Crippen molar-refractivity contribution in [2.75, 3.05) is 25.9 Å². The number of hydrogen-bond acceptors (Lipinski definition) is 4. The zero-order chi connectivity index (χ0) is 17.6. The van der Waals surface area contributed by atoms with Crippen LogP contribution in [-0.2, 0) is 6.54 Å². The summed E-state index contributed by atoms with van der Waals surface area (Å²) in [5.41, 5.74) is 2.28. The highest BCUT2D eigenvalue weighted by Gasteiger charge is 2.21. The predicted octanol–water partition coefficient (Wildman–Crippen LogP) is 3.55. The maximum atomic E-state index is 5.88. The van der Waals surface area contributed by atoms with Gasteiger partial charge in [0.25, 0.3) is 0 Å². The minimum atomic E-state index is 0.541. The summed E-state index contributed by atoms with van der Waals surface area (Å²) in [6.45, 7) is 6.94. The fourth-order valence-electron chi connectivity index (χ4n) is 2.89. The Morgan fingerprint density at radius 3 is 2.92 bits per heavy atom. The number of nitrogens with zero attached hydrogens (tertiary/aromatic N) is 3. The van der Waals surface area contributed by atoms with Crippen molar-refractivity contribution in [2.24, 2.45) is 4.99 Å². The van der Waals surface area contributed by atoms with Gasteiger partial charge in [-0.2, -0.15) is 11.8 Å². The van der Waals surface area contributed by atoms with Gasteiger partial charge in [0.2, 0.25) is 5.89 Å². The van der Waals surface area contributed by atoms with E-state index < -0.39 is 0 Å². The van der Waals surface area contributed by atoms with Crippen molar-refractivity contribution in [3.8, 4) is 11.3 Å². The van der Waals surface area contributed by atoms with Crippen LogP contribution >= 0.6 is 11.8 Å². The minimum absolute atomic E-state index is 0.541. The number of nitrogens with one attached hydrogen (secondary N) is 1. The Morgan fingerprint density at radius 1 is 1.40 bits per heavy atom. The van der Waals surface area contributed by atoms with Crippen LogP contribution in [0.1, 0.15) is 24.8 Å². The van der Waals surface area contributed by atoms with Crippen molar-refractivity contribution in [3.05, 3.63) is 41.9 Å². The Bertz CT molecular complexity index is 710. The van der Waals surface area contributed by atoms with E-state index in [9.17, 15) is 0 Å². The first kappa shape index (κ1) is 17.9. The molecular weight excluding hydrogens is 332 g/mol. The van der Waals surface area contributed by atoms with Gasteiger partial charge >= 0.3 is 0 Å². The molecule has 1 unspecified atom stereocenters. The molecule has 1 aliphatic heterocycles. The van der Waals surface area contributed by atoms with Crippen LogP contribution < -0.4 is 5.32 Å². The third-order valence-electron chi connectivity index (χ3n) is 4.39. The molecule has 0 spiro atoms. The second kappa shape index (κ2) is 8.43. The van der Waals surface area contributed by atoms with E-state index in [1.165, 1.54) is 12.0 Å². The molecule has 1 aromatic heterocycles. The first-order valence-corrected chi connectivity index (χ1v) is 9.83. The van der Waals surface area contributed by atoms with E-state index in [1.807, 2.05) is 7.05 Å². The average Bonchev–Trinajstić information content (AvgIpc) is 3.12. The Labute approximate surface area is 153 Å². The summed E-state index contributed by atoms with van der Waals surface area (Å²) in [6, 6.07) is 8.27. The largest absolute Gasteiger partial charge is 0.439 e. The predicted molar refractivity (Wildman–Crippen MR) is 105 cm³/mol. The first-order valence-electron chi connectivity index (χ1n) is 8.78. The van der Waals surface area contributed by atoms with Gasteiger partial charge in [-0.1, -0.05) is 36.8 Å². The van der Waals surface area contributed by atoms with Gasteiger partial charge in [0.15, 0.2) is 11.7 Å². The molecule has 25 heavy (non-hydrogen) atoms. The Kier molecular flexibility index (Phi) is 6.02. The normalized spacial score (nSPS) is 18.4. The Morgan fingerprint density at radius 2 is 2.20 bits per heavy atom. The van der Waals surface area contributed by atoms with Crippen LogP contribution in [0.3, 0.4) is 0 Å². The highest BCUT2D eigenvalue weighted by atomic mass is 32.2. The van der Waals surface area contributed by atoms with E-state index >= 15 is 0 Å². The number of thioether (sulfide) groups is 1. The number of aryl methyl sites for hydroxylation is 1. The van der Waals surface area contributed by atoms with Gasteiger partial charge in [0.05, 0.1) is 12.7 Å². The summed E-state index contributed by atoms with van der Waals surface area (Å²) in [4.78, 5) is 11.1. The van der Waals surface area contributed by atoms with Gasteiger partial charge in [-0.15, -0.1) is 0 Å². The molecule has 1 aliphatic rings. The van der Waals surface area contributed by atoms with Crippen LogP contribution in [0.5, 0.6) is 0 Å². The SMILES string of the molecule is CCC1CN(C(=NC)NCc2ncc(-c3ccc(C)cc3)o2)CCS1. The smallest absolute Gasteiger partial charge is 0.214 e. The molecule has 5 nitrogen and oxygen atoms in total. The topological polar surface area (TPSA) is 53.7 Å². The van der Waals surface area contributed by atoms with Crippen LogP contribution in [0, 0.1) is 6.92 Å². The molecule has 1 atom stereocenters. The van der Waals surface area contributed by atoms with Crippen molar-refractivity contribution in [1.29, 1.82) is 0 Å². The maximum absolute atomic E-state index is 5.88. The molecule has 1 aromatic carbocycles. The Balaban J connectivity index is 1.60. The van der Waals surface area contributed by atoms with Gasteiger partial charge in [0, 0.05) is 36.7 Å². The summed E-state index contributed by atoms with van der Waals surface area (Å²) in [5.74, 6) is 3.55. The van der Waals surface area contributed by atoms with Crippen molar-refractivity contribution in [1.82, 2.24) is 15.2 Å². The summed E-state index contributed by atoms with van der Waals surface area (Å²) >= 11 is 2.06. The lowest BCUT2D eigenvalue weighted by Crippen LogP contribution is -2.47. The zero-order valence-electron chi connectivity index (χ0n) is 15.2. The highest BCUT2D eigenvalue weighted by Crippen LogP contribution is 2.22. The lowest BCUT2D eigenvalue weighted by Gasteiger charge is -2.34. The van der Waals surface area contributed by atoms with Crippen LogP contribution in [-0.4, -0.2) is 47.0 Å². The highest BCUT2D eigenvalue weighted by molar-refractivity contribution is 8.00. The molecule has 134 valence electrons. The van der Waals surface area contributed by atoms with Crippen LogP contribution in [0.4, 0.5) is 0 Å². The monoisotopic (exact) mass is 358 g/mol. The summed E-state index contributed by atoms with van der Waals surface area (Å²) in [7, 11) is 1.83. The first-order chi connectivity index (χ1) is 12.2. The number of guanidine groups is 1. The second-order valence-corrected chi connectivity index (χ2v) is 7.64. The second-order valence-electron chi connectivity index (χ2n) is 6.23. The molecule has 0 bridgehead atoms. The number of aliphatic imine (C=N–C) groups is 1. The van der Waals surface area contributed by atoms with E-state index in [1.54, 1.807) is 6.20 Å². The average molecular weight is 359 g/mol. The van der Waals surface area contributed by atoms with Crippen LogP contribution in [0.15, 0.2) is 39.9 Å². The third kappa shape index (κ3) is 4.57. The van der Waals surface area contributed by atoms with Gasteiger partial charge in [-0.25, -0.2) is 4.98 Å². The van der Waals surface area contributed by atoms with E-state index in [2.05, 4.69) is 70.1 Å². The molecule has 1 N–H and O–H groups in total. The summed E-state index contributed by atoms with van der Waals surface area (Å²) in [6.07, 6.45) is 2.98. The Hall–Kier alpha value is -1.95.